The molecule has 25 nitrogen and oxygen atoms in total. The van der Waals surface area contributed by atoms with Crippen molar-refractivity contribution in [2.24, 2.45) is 11.8 Å². The van der Waals surface area contributed by atoms with Crippen LogP contribution in [0.25, 0.3) is 0 Å². The number of nitrogens with zero attached hydrogens (tertiary/aromatic N) is 7. The number of carbonyl (C=O) groups is 9. The van der Waals surface area contributed by atoms with E-state index in [-0.39, 0.29) is 153 Å². The lowest BCUT2D eigenvalue weighted by Crippen LogP contribution is -2.66. The van der Waals surface area contributed by atoms with Crippen molar-refractivity contribution in [2.45, 2.75) is 121 Å². The molecule has 27 heteroatoms. The summed E-state index contributed by atoms with van der Waals surface area (Å²) in [6, 6.07) is 3.64. The smallest absolute Gasteiger partial charge is 0.317 e. The van der Waals surface area contributed by atoms with Crippen LogP contribution in [-0.4, -0.2) is 255 Å². The Morgan fingerprint density at radius 3 is 1.59 bits per heavy atom. The van der Waals surface area contributed by atoms with E-state index in [0.29, 0.717) is 42.4 Å². The van der Waals surface area contributed by atoms with Crippen LogP contribution in [0.15, 0.2) is 18.2 Å². The molecule has 0 radical (unpaired) electrons. The molecule has 1 aromatic heterocycles. The van der Waals surface area contributed by atoms with Crippen LogP contribution in [0.3, 0.4) is 0 Å². The Morgan fingerprint density at radius 2 is 1.15 bits per heavy atom. The van der Waals surface area contributed by atoms with Gasteiger partial charge >= 0.3 is 17.9 Å². The van der Waals surface area contributed by atoms with Gasteiger partial charge in [0.1, 0.15) is 17.4 Å². The SMILES string of the molecule is CC[C@H](C)[C@H](NC(=O)[C@H](CC(C)C)NC(=O)C1(NC(=O)CCSCc2cccc(CSCCC(=O)NC3CCN(CC(C)=O)CC3)n2)CCN(C(=O)CN2CCN(CC(=O)O)CCN(CC(=O)O)CCN(CC(=O)O)CC2)CC1)C(=N)[O-]. The molecule has 3 saturated heterocycles. The summed E-state index contributed by atoms with van der Waals surface area (Å²) in [5, 5.41) is 60.8. The van der Waals surface area contributed by atoms with Crippen LogP contribution in [0, 0.1) is 17.2 Å². The van der Waals surface area contributed by atoms with Gasteiger partial charge in [-0.3, -0.25) is 72.6 Å². The number of Topliss-reactive ketones (excluding diaryl/α,β-unsaturated/α-hetero) is 1. The molecule has 5 amide bonds. The van der Waals surface area contributed by atoms with E-state index in [4.69, 9.17) is 10.4 Å². The highest BCUT2D eigenvalue weighted by Gasteiger charge is 2.45. The second-order valence-corrected chi connectivity index (χ2v) is 24.4. The Morgan fingerprint density at radius 1 is 0.683 bits per heavy atom. The van der Waals surface area contributed by atoms with Gasteiger partial charge < -0.3 is 52.0 Å². The van der Waals surface area contributed by atoms with Crippen LogP contribution in [0.5, 0.6) is 0 Å². The van der Waals surface area contributed by atoms with Crippen LogP contribution in [0.4, 0.5) is 0 Å². The van der Waals surface area contributed by atoms with Gasteiger partial charge in [0, 0.05) is 120 Å². The van der Waals surface area contributed by atoms with E-state index in [1.807, 2.05) is 43.9 Å². The van der Waals surface area contributed by atoms with Gasteiger partial charge in [-0.05, 0) is 68.9 Å². The second kappa shape index (κ2) is 35.6. The maximum atomic E-state index is 14.7. The first-order valence-corrected chi connectivity index (χ1v) is 30.9. The summed E-state index contributed by atoms with van der Waals surface area (Å²) in [6.07, 6.45) is 2.70. The van der Waals surface area contributed by atoms with Crippen molar-refractivity contribution in [3.05, 3.63) is 29.6 Å². The van der Waals surface area contributed by atoms with Gasteiger partial charge in [0.2, 0.25) is 29.5 Å². The lowest BCUT2D eigenvalue weighted by molar-refractivity contribution is -0.224. The Balaban J connectivity index is 1.42. The summed E-state index contributed by atoms with van der Waals surface area (Å²) in [5.41, 5.74) is 0.114. The van der Waals surface area contributed by atoms with Gasteiger partial charge in [-0.25, -0.2) is 0 Å². The van der Waals surface area contributed by atoms with E-state index >= 15 is 0 Å². The van der Waals surface area contributed by atoms with E-state index < -0.39 is 59.1 Å². The molecule has 0 spiro atoms. The van der Waals surface area contributed by atoms with Crippen molar-refractivity contribution in [3.8, 4) is 0 Å². The summed E-state index contributed by atoms with van der Waals surface area (Å²) in [7, 11) is 0. The summed E-state index contributed by atoms with van der Waals surface area (Å²) in [4.78, 5) is 132. The van der Waals surface area contributed by atoms with Crippen molar-refractivity contribution < 1.29 is 63.6 Å². The number of aliphatic carboxylic acids is 3. The van der Waals surface area contributed by atoms with Crippen LogP contribution >= 0.6 is 23.5 Å². The van der Waals surface area contributed by atoms with Crippen LogP contribution in [0.2, 0.25) is 0 Å². The first-order valence-electron chi connectivity index (χ1n) is 28.6. The number of rotatable bonds is 31. The largest absolute Gasteiger partial charge is 0.861 e. The van der Waals surface area contributed by atoms with Crippen LogP contribution in [0.1, 0.15) is 97.4 Å². The first-order chi connectivity index (χ1) is 38.9. The fourth-order valence-corrected chi connectivity index (χ4v) is 11.8. The molecule has 0 aromatic carbocycles. The fourth-order valence-electron chi connectivity index (χ4n) is 10.1. The minimum atomic E-state index is -1.56. The summed E-state index contributed by atoms with van der Waals surface area (Å²) < 4.78 is 0. The number of ketones is 1. The minimum Gasteiger partial charge on any atom is -0.861 e. The Labute approximate surface area is 490 Å². The van der Waals surface area contributed by atoms with Crippen molar-refractivity contribution in [1.82, 2.24) is 55.7 Å². The van der Waals surface area contributed by atoms with Crippen molar-refractivity contribution in [2.75, 3.05) is 123 Å². The molecule has 3 fully saturated rings. The van der Waals surface area contributed by atoms with E-state index in [1.165, 1.54) is 11.8 Å². The zero-order chi connectivity index (χ0) is 60.4. The van der Waals surface area contributed by atoms with E-state index in [1.54, 1.807) is 45.2 Å². The highest BCUT2D eigenvalue weighted by Crippen LogP contribution is 2.26. The Hall–Kier alpha value is -5.45. The van der Waals surface area contributed by atoms with Crippen molar-refractivity contribution in [3.63, 3.8) is 0 Å². The molecule has 1 aromatic rings. The zero-order valence-corrected chi connectivity index (χ0v) is 50.1. The van der Waals surface area contributed by atoms with Crippen LogP contribution in [-0.2, 0) is 54.7 Å². The maximum Gasteiger partial charge on any atom is 0.317 e. The molecule has 0 aliphatic carbocycles. The minimum absolute atomic E-state index is 0.00699. The third-order valence-electron chi connectivity index (χ3n) is 15.0. The van der Waals surface area contributed by atoms with Gasteiger partial charge in [0.25, 0.3) is 0 Å². The van der Waals surface area contributed by atoms with Crippen LogP contribution < -0.4 is 26.4 Å². The molecule has 82 heavy (non-hydrogen) atoms. The molecule has 8 N–H and O–H groups in total. The number of thioether (sulfide) groups is 2. The Kier molecular flexibility index (Phi) is 30.0. The predicted octanol–water partition coefficient (Wildman–Crippen LogP) is -0.150. The maximum absolute atomic E-state index is 14.7. The normalized spacial score (nSPS) is 18.7. The van der Waals surface area contributed by atoms with Gasteiger partial charge in [0.15, 0.2) is 0 Å². The number of carboxylic acid groups (broad SMARTS) is 3. The highest BCUT2D eigenvalue weighted by molar-refractivity contribution is 7.98. The molecule has 0 unspecified atom stereocenters. The molecule has 4 heterocycles. The molecule has 460 valence electrons. The number of pyridine rings is 1. The first kappa shape index (κ1) is 69.0. The number of hydrogen-bond donors (Lipinski definition) is 8. The van der Waals surface area contributed by atoms with E-state index in [2.05, 4.69) is 26.2 Å². The van der Waals surface area contributed by atoms with E-state index in [9.17, 15) is 63.6 Å². The monoisotopic (exact) mass is 1190 g/mol. The molecular formula is C55H89N12O13S2-. The topological polar surface area (TPSA) is 342 Å². The standard InChI is InChI=1S/C55H90N12O13S2/c1-6-39(4)51(52(56)78)60-53(79)44(30-38(2)3)59-54(80)55(61-46(70)13-29-82-37-43-9-7-8-42(57-43)36-81-28-12-45(69)58-41-10-16-62(17-11-41)31-40(5)68)14-18-67(19-15-55)47(71)32-63-20-22-64(33-48(72)73)24-26-66(35-50(76)77)27-25-65(23-21-63)34-49(74)75/h7-9,38-39,41,44,51H,6,10-37H2,1-5H3,(H2,56,78)(H,58,69)(H,59,80)(H,60,79)(H,61,70)(H,72,73)(H,74,75)(H,76,77)/p-1/t39-,44-,51-/m0/s1. The molecule has 0 bridgehead atoms. The highest BCUT2D eigenvalue weighted by atomic mass is 32.2. The molecule has 3 atom stereocenters. The number of carbonyl (C=O) groups excluding carboxylic acids is 6. The van der Waals surface area contributed by atoms with Crippen molar-refractivity contribution >= 4 is 82.6 Å². The molecular weight excluding hydrogens is 1100 g/mol. The Bertz CT molecular complexity index is 2270. The molecule has 0 saturated carbocycles. The number of amides is 5. The number of carboxylic acids is 3. The van der Waals surface area contributed by atoms with Gasteiger partial charge in [-0.2, -0.15) is 23.5 Å². The number of likely N-dealkylation sites (tertiary alicyclic amines) is 2. The summed E-state index contributed by atoms with van der Waals surface area (Å²) in [6.45, 7) is 11.6. The predicted molar refractivity (Wildman–Crippen MR) is 310 cm³/mol. The van der Waals surface area contributed by atoms with Gasteiger partial charge in [-0.15, -0.1) is 0 Å². The summed E-state index contributed by atoms with van der Waals surface area (Å²) >= 11 is 3.11. The average Bonchev–Trinajstić information content (AvgIpc) is 3.43. The third-order valence-corrected chi connectivity index (χ3v) is 17.0. The van der Waals surface area contributed by atoms with Crippen molar-refractivity contribution in [1.29, 1.82) is 5.41 Å². The number of piperidine rings is 2. The lowest BCUT2D eigenvalue weighted by Gasteiger charge is -2.42. The van der Waals surface area contributed by atoms with Gasteiger partial charge in [-0.1, -0.05) is 40.2 Å². The fraction of sp³-hybridized carbons (Fsp3) is 0.727. The average molecular weight is 1190 g/mol. The molecule has 4 rings (SSSR count). The molecule has 3 aliphatic rings. The van der Waals surface area contributed by atoms with E-state index in [0.717, 1.165) is 37.3 Å². The van der Waals surface area contributed by atoms with Gasteiger partial charge in [0.05, 0.1) is 50.2 Å². The molecule has 3 aliphatic heterocycles. The second-order valence-electron chi connectivity index (χ2n) is 22.2. The quantitative estimate of drug-likeness (QED) is 0.0272. The number of nitrogens with one attached hydrogen (secondary N) is 5. The summed E-state index contributed by atoms with van der Waals surface area (Å²) in [5.74, 6) is -4.38. The zero-order valence-electron chi connectivity index (χ0n) is 48.5. The lowest BCUT2D eigenvalue weighted by atomic mass is 9.85. The number of aromatic nitrogens is 1. The third kappa shape index (κ3) is 25.6. The number of hydrogen-bond acceptors (Lipinski definition) is 19.